The van der Waals surface area contributed by atoms with E-state index in [1.165, 1.54) is 13.0 Å². The number of hydrogen-bond acceptors (Lipinski definition) is 5. The lowest BCUT2D eigenvalue weighted by Gasteiger charge is -2.10. The molecule has 1 aromatic carbocycles. The lowest BCUT2D eigenvalue weighted by Crippen LogP contribution is -2.32. The number of pyridine rings is 1. The molecule has 0 saturated carbocycles. The van der Waals surface area contributed by atoms with Crippen molar-refractivity contribution in [2.75, 3.05) is 32.5 Å². The number of anilines is 1. The highest BCUT2D eigenvalue weighted by atomic mass is 16.2. The first-order valence-corrected chi connectivity index (χ1v) is 8.19. The Kier molecular flexibility index (Phi) is 6.57. The molecular formula is C19H22N4O3. The Labute approximate surface area is 152 Å². The van der Waals surface area contributed by atoms with E-state index in [1.54, 1.807) is 36.4 Å². The molecule has 0 aliphatic rings. The summed E-state index contributed by atoms with van der Waals surface area (Å²) in [6.45, 7) is 2.65. The van der Waals surface area contributed by atoms with Crippen molar-refractivity contribution < 1.29 is 14.4 Å². The van der Waals surface area contributed by atoms with Crippen molar-refractivity contribution in [3.8, 4) is 0 Å². The summed E-state index contributed by atoms with van der Waals surface area (Å²) in [6, 6.07) is 11.3. The van der Waals surface area contributed by atoms with E-state index in [1.807, 2.05) is 19.0 Å². The second kappa shape index (κ2) is 8.87. The third kappa shape index (κ3) is 5.49. The highest BCUT2D eigenvalue weighted by Crippen LogP contribution is 2.12. The van der Waals surface area contributed by atoms with Crippen molar-refractivity contribution in [1.29, 1.82) is 0 Å². The van der Waals surface area contributed by atoms with Crippen molar-refractivity contribution in [3.05, 3.63) is 59.4 Å². The molecule has 0 fully saturated rings. The smallest absolute Gasteiger partial charge is 0.274 e. The molecule has 1 heterocycles. The molecule has 0 aliphatic heterocycles. The maximum Gasteiger partial charge on any atom is 0.274 e. The van der Waals surface area contributed by atoms with Gasteiger partial charge in [0.2, 0.25) is 0 Å². The first kappa shape index (κ1) is 19.3. The van der Waals surface area contributed by atoms with E-state index in [2.05, 4.69) is 15.6 Å². The Hall–Kier alpha value is -3.06. The van der Waals surface area contributed by atoms with E-state index in [0.717, 1.165) is 0 Å². The number of hydrogen-bond donors (Lipinski definition) is 2. The SMILES string of the molecule is CC(=O)c1cccc(NC(=O)c2cccc(C(=O)NCCN(C)C)n2)c1. The number of ketones is 1. The van der Waals surface area contributed by atoms with Crippen LogP contribution in [0, 0.1) is 0 Å². The predicted octanol–water partition coefficient (Wildman–Crippen LogP) is 1.83. The summed E-state index contributed by atoms with van der Waals surface area (Å²) in [4.78, 5) is 42.0. The lowest BCUT2D eigenvalue weighted by molar-refractivity contribution is 0.0944. The molecule has 2 amide bonds. The van der Waals surface area contributed by atoms with E-state index in [9.17, 15) is 14.4 Å². The second-order valence-corrected chi connectivity index (χ2v) is 6.06. The number of rotatable bonds is 7. The van der Waals surface area contributed by atoms with Crippen LogP contribution in [0.25, 0.3) is 0 Å². The number of Topliss-reactive ketones (excluding diaryl/α,β-unsaturated/α-hetero) is 1. The number of nitrogens with one attached hydrogen (secondary N) is 2. The number of benzene rings is 1. The van der Waals surface area contributed by atoms with Crippen LogP contribution in [0.5, 0.6) is 0 Å². The van der Waals surface area contributed by atoms with Crippen LogP contribution in [0.4, 0.5) is 5.69 Å². The van der Waals surface area contributed by atoms with Crippen LogP contribution < -0.4 is 10.6 Å². The molecule has 7 nitrogen and oxygen atoms in total. The minimum absolute atomic E-state index is 0.0874. The van der Waals surface area contributed by atoms with Crippen LogP contribution in [0.2, 0.25) is 0 Å². The van der Waals surface area contributed by atoms with Crippen molar-refractivity contribution in [1.82, 2.24) is 15.2 Å². The zero-order chi connectivity index (χ0) is 19.1. The van der Waals surface area contributed by atoms with E-state index < -0.39 is 5.91 Å². The predicted molar refractivity (Wildman–Crippen MR) is 99.5 cm³/mol. The Morgan fingerprint density at radius 2 is 1.65 bits per heavy atom. The van der Waals surface area contributed by atoms with Gasteiger partial charge < -0.3 is 15.5 Å². The molecular weight excluding hydrogens is 332 g/mol. The van der Waals surface area contributed by atoms with Gasteiger partial charge in [0.25, 0.3) is 11.8 Å². The van der Waals surface area contributed by atoms with E-state index >= 15 is 0 Å². The highest BCUT2D eigenvalue weighted by molar-refractivity contribution is 6.04. The quantitative estimate of drug-likeness (QED) is 0.740. The molecule has 0 spiro atoms. The van der Waals surface area contributed by atoms with Gasteiger partial charge >= 0.3 is 0 Å². The van der Waals surface area contributed by atoms with Gasteiger partial charge in [0.05, 0.1) is 0 Å². The fourth-order valence-electron chi connectivity index (χ4n) is 2.18. The average molecular weight is 354 g/mol. The summed E-state index contributed by atoms with van der Waals surface area (Å²) in [6.07, 6.45) is 0. The molecule has 26 heavy (non-hydrogen) atoms. The molecule has 136 valence electrons. The van der Waals surface area contributed by atoms with Crippen LogP contribution in [-0.4, -0.2) is 54.7 Å². The Morgan fingerprint density at radius 3 is 2.31 bits per heavy atom. The van der Waals surface area contributed by atoms with Crippen LogP contribution in [0.15, 0.2) is 42.5 Å². The topological polar surface area (TPSA) is 91.4 Å². The Balaban J connectivity index is 2.06. The van der Waals surface area contributed by atoms with E-state index in [4.69, 9.17) is 0 Å². The summed E-state index contributed by atoms with van der Waals surface area (Å²) >= 11 is 0. The molecule has 0 bridgehead atoms. The van der Waals surface area contributed by atoms with Crippen LogP contribution in [0.1, 0.15) is 38.3 Å². The van der Waals surface area contributed by atoms with Gasteiger partial charge in [-0.2, -0.15) is 0 Å². The van der Waals surface area contributed by atoms with Crippen LogP contribution in [-0.2, 0) is 0 Å². The minimum atomic E-state index is -0.450. The standard InChI is InChI=1S/C19H22N4O3/c1-13(24)14-6-4-7-15(12-14)21-19(26)17-9-5-8-16(22-17)18(25)20-10-11-23(2)3/h4-9,12H,10-11H2,1-3H3,(H,20,25)(H,21,26). The molecule has 0 radical (unpaired) electrons. The molecule has 1 aromatic heterocycles. The van der Waals surface area contributed by atoms with E-state index in [-0.39, 0.29) is 23.1 Å². The van der Waals surface area contributed by atoms with Gasteiger partial charge in [0.1, 0.15) is 11.4 Å². The Morgan fingerprint density at radius 1 is 1.00 bits per heavy atom. The maximum atomic E-state index is 12.4. The van der Waals surface area contributed by atoms with Crippen molar-refractivity contribution >= 4 is 23.3 Å². The van der Waals surface area contributed by atoms with Gasteiger partial charge in [-0.05, 0) is 45.3 Å². The number of carbonyl (C=O) groups excluding carboxylic acids is 3. The normalized spacial score (nSPS) is 10.5. The van der Waals surface area contributed by atoms with Crippen LogP contribution in [0.3, 0.4) is 0 Å². The van der Waals surface area contributed by atoms with Crippen LogP contribution >= 0.6 is 0 Å². The molecule has 2 aromatic rings. The summed E-state index contributed by atoms with van der Waals surface area (Å²) in [5.74, 6) is -0.871. The number of nitrogens with zero attached hydrogens (tertiary/aromatic N) is 2. The van der Waals surface area contributed by atoms with Gasteiger partial charge in [-0.15, -0.1) is 0 Å². The fraction of sp³-hybridized carbons (Fsp3) is 0.263. The lowest BCUT2D eigenvalue weighted by atomic mass is 10.1. The monoisotopic (exact) mass is 354 g/mol. The summed E-state index contributed by atoms with van der Waals surface area (Å²) in [5.41, 5.74) is 1.29. The average Bonchev–Trinajstić information content (AvgIpc) is 2.61. The molecule has 7 heteroatoms. The van der Waals surface area contributed by atoms with Crippen molar-refractivity contribution in [3.63, 3.8) is 0 Å². The number of likely N-dealkylation sites (N-methyl/N-ethyl adjacent to an activating group) is 1. The summed E-state index contributed by atoms with van der Waals surface area (Å²) in [5, 5.41) is 5.44. The zero-order valence-electron chi connectivity index (χ0n) is 15.1. The molecule has 0 unspecified atom stereocenters. The zero-order valence-corrected chi connectivity index (χ0v) is 15.1. The largest absolute Gasteiger partial charge is 0.349 e. The van der Waals surface area contributed by atoms with Crippen molar-refractivity contribution in [2.24, 2.45) is 0 Å². The number of carbonyl (C=O) groups is 3. The highest BCUT2D eigenvalue weighted by Gasteiger charge is 2.13. The number of amides is 2. The summed E-state index contributed by atoms with van der Waals surface area (Å²) in [7, 11) is 3.83. The molecule has 2 N–H and O–H groups in total. The molecule has 0 aliphatic carbocycles. The summed E-state index contributed by atoms with van der Waals surface area (Å²) < 4.78 is 0. The van der Waals surface area contributed by atoms with Gasteiger partial charge in [-0.3, -0.25) is 14.4 Å². The molecule has 2 rings (SSSR count). The second-order valence-electron chi connectivity index (χ2n) is 6.06. The number of aromatic nitrogens is 1. The van der Waals surface area contributed by atoms with Gasteiger partial charge in [-0.25, -0.2) is 4.98 Å². The van der Waals surface area contributed by atoms with E-state index in [0.29, 0.717) is 24.3 Å². The third-order valence-corrected chi connectivity index (χ3v) is 3.59. The minimum Gasteiger partial charge on any atom is -0.349 e. The third-order valence-electron chi connectivity index (χ3n) is 3.59. The first-order valence-electron chi connectivity index (χ1n) is 8.19. The Bertz CT molecular complexity index is 818. The fourth-order valence-corrected chi connectivity index (χ4v) is 2.18. The van der Waals surface area contributed by atoms with Crippen molar-refractivity contribution in [2.45, 2.75) is 6.92 Å². The van der Waals surface area contributed by atoms with Gasteiger partial charge in [0.15, 0.2) is 5.78 Å². The maximum absolute atomic E-state index is 12.4. The molecule has 0 saturated heterocycles. The van der Waals surface area contributed by atoms with Gasteiger partial charge in [0, 0.05) is 24.3 Å². The first-order chi connectivity index (χ1) is 12.4. The van der Waals surface area contributed by atoms with Gasteiger partial charge in [-0.1, -0.05) is 18.2 Å². The molecule has 0 atom stereocenters.